The van der Waals surface area contributed by atoms with Crippen molar-refractivity contribution in [3.05, 3.63) is 11.1 Å². The van der Waals surface area contributed by atoms with Crippen molar-refractivity contribution in [2.75, 3.05) is 19.8 Å². The number of hydrogen-bond donors (Lipinski definition) is 0. The van der Waals surface area contributed by atoms with E-state index in [1.165, 1.54) is 6.92 Å². The number of hydrogen-bond acceptors (Lipinski definition) is 7. The van der Waals surface area contributed by atoms with Gasteiger partial charge in [0.25, 0.3) is 0 Å². The first-order valence-electron chi connectivity index (χ1n) is 7.52. The second-order valence-electron chi connectivity index (χ2n) is 4.54. The minimum atomic E-state index is -0.876. The zero-order valence-electron chi connectivity index (χ0n) is 14.0. The summed E-state index contributed by atoms with van der Waals surface area (Å²) in [6, 6.07) is 1.76. The van der Waals surface area contributed by atoms with E-state index in [4.69, 9.17) is 19.5 Å². The Hall–Kier alpha value is -2.36. The molecule has 0 aliphatic rings. The molecule has 0 heterocycles. The number of nitriles is 1. The van der Waals surface area contributed by atoms with E-state index in [-0.39, 0.29) is 43.8 Å². The van der Waals surface area contributed by atoms with Crippen LogP contribution >= 0.6 is 0 Å². The van der Waals surface area contributed by atoms with Crippen LogP contribution in [0.3, 0.4) is 0 Å². The first kappa shape index (κ1) is 20.6. The summed E-state index contributed by atoms with van der Waals surface area (Å²) in [5.74, 6) is -2.72. The fraction of sp³-hybridized carbons (Fsp3) is 0.625. The molecule has 0 radical (unpaired) electrons. The zero-order chi connectivity index (χ0) is 17.8. The van der Waals surface area contributed by atoms with Crippen molar-refractivity contribution in [2.24, 2.45) is 5.92 Å². The molecule has 0 rings (SSSR count). The van der Waals surface area contributed by atoms with E-state index in [2.05, 4.69) is 0 Å². The molecule has 0 N–H and O–H groups in total. The Bertz CT molecular complexity index is 503. The Morgan fingerprint density at radius 3 is 2.04 bits per heavy atom. The molecule has 1 unspecified atom stereocenters. The van der Waals surface area contributed by atoms with Crippen LogP contribution in [0, 0.1) is 17.2 Å². The van der Waals surface area contributed by atoms with Crippen LogP contribution < -0.4 is 0 Å². The maximum atomic E-state index is 12.1. The predicted octanol–water partition coefficient (Wildman–Crippen LogP) is 1.91. The lowest BCUT2D eigenvalue weighted by molar-refractivity contribution is -0.148. The molecule has 0 bridgehead atoms. The Morgan fingerprint density at radius 1 is 1.00 bits per heavy atom. The van der Waals surface area contributed by atoms with Gasteiger partial charge in [-0.05, 0) is 39.7 Å². The summed E-state index contributed by atoms with van der Waals surface area (Å²) >= 11 is 0. The smallest absolute Gasteiger partial charge is 0.348 e. The number of nitrogens with zero attached hydrogens (tertiary/aromatic N) is 1. The van der Waals surface area contributed by atoms with Gasteiger partial charge < -0.3 is 14.2 Å². The second kappa shape index (κ2) is 11.2. The SMILES string of the molecule is CCOC(=O)CCC(C(=O)OCC)C(C)=C(C#N)C(=O)OCC. The number of carbonyl (C=O) groups is 3. The molecule has 0 aliphatic carbocycles. The van der Waals surface area contributed by atoms with E-state index in [9.17, 15) is 14.4 Å². The van der Waals surface area contributed by atoms with E-state index < -0.39 is 23.8 Å². The van der Waals surface area contributed by atoms with Gasteiger partial charge in [0, 0.05) is 6.42 Å². The quantitative estimate of drug-likeness (QED) is 0.276. The van der Waals surface area contributed by atoms with Crippen LogP contribution in [0.4, 0.5) is 0 Å². The van der Waals surface area contributed by atoms with E-state index in [1.807, 2.05) is 0 Å². The fourth-order valence-corrected chi connectivity index (χ4v) is 1.92. The van der Waals surface area contributed by atoms with Crippen molar-refractivity contribution in [3.63, 3.8) is 0 Å². The summed E-state index contributed by atoms with van der Waals surface area (Å²) in [4.78, 5) is 35.4. The largest absolute Gasteiger partial charge is 0.466 e. The highest BCUT2D eigenvalue weighted by Crippen LogP contribution is 2.23. The Labute approximate surface area is 136 Å². The third-order valence-electron chi connectivity index (χ3n) is 3.02. The maximum absolute atomic E-state index is 12.1. The molecular formula is C16H23NO6. The number of carbonyl (C=O) groups excluding carboxylic acids is 3. The number of ether oxygens (including phenoxy) is 3. The van der Waals surface area contributed by atoms with Gasteiger partial charge in [0.2, 0.25) is 0 Å². The molecule has 0 aromatic heterocycles. The molecule has 0 aromatic rings. The Kier molecular flexibility index (Phi) is 10.1. The van der Waals surface area contributed by atoms with E-state index in [0.29, 0.717) is 0 Å². The highest BCUT2D eigenvalue weighted by atomic mass is 16.5. The van der Waals surface area contributed by atoms with Crippen LogP contribution in [-0.4, -0.2) is 37.7 Å². The Balaban J connectivity index is 5.39. The van der Waals surface area contributed by atoms with E-state index in [1.54, 1.807) is 26.8 Å². The topological polar surface area (TPSA) is 103 Å². The molecule has 0 spiro atoms. The summed E-state index contributed by atoms with van der Waals surface area (Å²) < 4.78 is 14.6. The minimum absolute atomic E-state index is 0.0177. The van der Waals surface area contributed by atoms with Gasteiger partial charge in [-0.2, -0.15) is 5.26 Å². The maximum Gasteiger partial charge on any atom is 0.348 e. The van der Waals surface area contributed by atoms with E-state index in [0.717, 1.165) is 0 Å². The summed E-state index contributed by atoms with van der Waals surface area (Å²) in [5.41, 5.74) is -0.0116. The third kappa shape index (κ3) is 6.96. The molecule has 1 atom stereocenters. The molecule has 0 aromatic carbocycles. The van der Waals surface area contributed by atoms with Crippen LogP contribution in [0.25, 0.3) is 0 Å². The van der Waals surface area contributed by atoms with Crippen molar-refractivity contribution >= 4 is 17.9 Å². The summed E-state index contributed by atoms with van der Waals surface area (Å²) in [6.07, 6.45) is 0.0737. The van der Waals surface area contributed by atoms with E-state index >= 15 is 0 Å². The molecule has 0 saturated heterocycles. The highest BCUT2D eigenvalue weighted by molar-refractivity contribution is 5.95. The normalized spacial score (nSPS) is 12.5. The first-order chi connectivity index (χ1) is 10.9. The minimum Gasteiger partial charge on any atom is -0.466 e. The molecule has 0 fully saturated rings. The van der Waals surface area contributed by atoms with Gasteiger partial charge in [0.1, 0.15) is 11.6 Å². The van der Waals surface area contributed by atoms with Gasteiger partial charge in [-0.15, -0.1) is 0 Å². The second-order valence-corrected chi connectivity index (χ2v) is 4.54. The zero-order valence-corrected chi connectivity index (χ0v) is 14.0. The average molecular weight is 325 g/mol. The summed E-state index contributed by atoms with van der Waals surface area (Å²) in [6.45, 7) is 6.95. The number of esters is 3. The lowest BCUT2D eigenvalue weighted by Crippen LogP contribution is -2.23. The van der Waals surface area contributed by atoms with Crippen molar-refractivity contribution in [1.82, 2.24) is 0 Å². The van der Waals surface area contributed by atoms with Gasteiger partial charge in [0.15, 0.2) is 0 Å². The van der Waals surface area contributed by atoms with Crippen molar-refractivity contribution in [1.29, 1.82) is 5.26 Å². The molecule has 23 heavy (non-hydrogen) atoms. The molecule has 7 heteroatoms. The average Bonchev–Trinajstić information content (AvgIpc) is 2.49. The van der Waals surface area contributed by atoms with Gasteiger partial charge >= 0.3 is 17.9 Å². The molecular weight excluding hydrogens is 302 g/mol. The standard InChI is InChI=1S/C16H23NO6/c1-5-21-14(18)9-8-12(15(19)22-6-2)11(4)13(10-17)16(20)23-7-3/h12H,5-9H2,1-4H3. The molecule has 0 saturated carbocycles. The highest BCUT2D eigenvalue weighted by Gasteiger charge is 2.28. The molecule has 0 amide bonds. The third-order valence-corrected chi connectivity index (χ3v) is 3.02. The summed E-state index contributed by atoms with van der Waals surface area (Å²) in [7, 11) is 0. The molecule has 0 aliphatic heterocycles. The first-order valence-corrected chi connectivity index (χ1v) is 7.52. The van der Waals surface area contributed by atoms with Crippen molar-refractivity contribution in [3.8, 4) is 6.07 Å². The van der Waals surface area contributed by atoms with Crippen LogP contribution in [0.15, 0.2) is 11.1 Å². The Morgan fingerprint density at radius 2 is 1.57 bits per heavy atom. The van der Waals surface area contributed by atoms with Crippen LogP contribution in [0.5, 0.6) is 0 Å². The van der Waals surface area contributed by atoms with Gasteiger partial charge in [-0.3, -0.25) is 9.59 Å². The lowest BCUT2D eigenvalue weighted by atomic mass is 9.91. The van der Waals surface area contributed by atoms with Crippen molar-refractivity contribution in [2.45, 2.75) is 40.5 Å². The number of rotatable bonds is 9. The van der Waals surface area contributed by atoms with Gasteiger partial charge in [-0.1, -0.05) is 0 Å². The van der Waals surface area contributed by atoms with Crippen LogP contribution in [0.2, 0.25) is 0 Å². The monoisotopic (exact) mass is 325 g/mol. The summed E-state index contributed by atoms with van der Waals surface area (Å²) in [5, 5.41) is 9.16. The molecule has 128 valence electrons. The molecule has 7 nitrogen and oxygen atoms in total. The van der Waals surface area contributed by atoms with Crippen LogP contribution in [-0.2, 0) is 28.6 Å². The lowest BCUT2D eigenvalue weighted by Gasteiger charge is -2.17. The van der Waals surface area contributed by atoms with Crippen molar-refractivity contribution < 1.29 is 28.6 Å². The van der Waals surface area contributed by atoms with Crippen LogP contribution in [0.1, 0.15) is 40.5 Å². The fourth-order valence-electron chi connectivity index (χ4n) is 1.92. The van der Waals surface area contributed by atoms with Gasteiger partial charge in [0.05, 0.1) is 25.7 Å². The van der Waals surface area contributed by atoms with Gasteiger partial charge in [-0.25, -0.2) is 4.79 Å². The predicted molar refractivity (Wildman–Crippen MR) is 80.9 cm³/mol.